The third-order valence-corrected chi connectivity index (χ3v) is 4.07. The Labute approximate surface area is 100 Å². The molecule has 0 bridgehead atoms. The number of thiophene rings is 1. The third-order valence-electron chi connectivity index (χ3n) is 2.36. The smallest absolute Gasteiger partial charge is 0.216 e. The van der Waals surface area contributed by atoms with Crippen LogP contribution in [0.3, 0.4) is 0 Å². The van der Waals surface area contributed by atoms with Crippen LogP contribution in [0.5, 0.6) is 0 Å². The molecule has 3 aromatic heterocycles. The number of rotatable bonds is 3. The van der Waals surface area contributed by atoms with E-state index >= 15 is 0 Å². The van der Waals surface area contributed by atoms with Gasteiger partial charge in [0, 0.05) is 11.8 Å². The van der Waals surface area contributed by atoms with Crippen molar-refractivity contribution in [3.8, 4) is 10.6 Å². The van der Waals surface area contributed by atoms with Gasteiger partial charge in [0.25, 0.3) is 0 Å². The summed E-state index contributed by atoms with van der Waals surface area (Å²) in [6.07, 6.45) is 0.760. The average molecular weight is 250 g/mol. The van der Waals surface area contributed by atoms with Crippen molar-refractivity contribution in [1.29, 1.82) is 0 Å². The topological polar surface area (TPSA) is 56.2 Å². The van der Waals surface area contributed by atoms with Crippen molar-refractivity contribution < 1.29 is 0 Å². The van der Waals surface area contributed by atoms with Gasteiger partial charge in [-0.2, -0.15) is 0 Å². The number of thiazole rings is 1. The van der Waals surface area contributed by atoms with Crippen LogP contribution in [0, 0.1) is 0 Å². The molecule has 0 aromatic carbocycles. The van der Waals surface area contributed by atoms with Crippen molar-refractivity contribution in [2.75, 3.05) is 6.54 Å². The van der Waals surface area contributed by atoms with Crippen LogP contribution < -0.4 is 5.73 Å². The molecule has 0 atom stereocenters. The van der Waals surface area contributed by atoms with Crippen molar-refractivity contribution in [1.82, 2.24) is 14.6 Å². The molecule has 16 heavy (non-hydrogen) atoms. The minimum atomic E-state index is 0.598. The summed E-state index contributed by atoms with van der Waals surface area (Å²) in [6, 6.07) is 4.16. The van der Waals surface area contributed by atoms with E-state index in [-0.39, 0.29) is 0 Å². The van der Waals surface area contributed by atoms with E-state index in [2.05, 4.69) is 37.5 Å². The summed E-state index contributed by atoms with van der Waals surface area (Å²) in [4.78, 5) is 2.18. The highest BCUT2D eigenvalue weighted by atomic mass is 32.1. The van der Waals surface area contributed by atoms with Crippen molar-refractivity contribution in [3.05, 3.63) is 28.7 Å². The van der Waals surface area contributed by atoms with Gasteiger partial charge in [-0.15, -0.1) is 32.9 Å². The molecule has 6 heteroatoms. The zero-order chi connectivity index (χ0) is 11.0. The van der Waals surface area contributed by atoms with E-state index < -0.39 is 0 Å². The molecule has 0 spiro atoms. The molecule has 0 saturated heterocycles. The Kier molecular flexibility index (Phi) is 2.47. The maximum absolute atomic E-state index is 5.57. The summed E-state index contributed by atoms with van der Waals surface area (Å²) in [5.41, 5.74) is 6.74. The van der Waals surface area contributed by atoms with Gasteiger partial charge in [0.1, 0.15) is 5.82 Å². The second-order valence-electron chi connectivity index (χ2n) is 3.37. The fourth-order valence-electron chi connectivity index (χ4n) is 1.66. The lowest BCUT2D eigenvalue weighted by Crippen LogP contribution is -2.06. The standard InChI is InChI=1S/C10H10N4S2/c11-4-3-9-12-13-10-14(9)7(6-16-10)8-2-1-5-15-8/h1-2,5-6H,3-4,11H2. The van der Waals surface area contributed by atoms with Crippen molar-refractivity contribution in [2.24, 2.45) is 5.73 Å². The molecule has 0 aliphatic heterocycles. The van der Waals surface area contributed by atoms with Gasteiger partial charge in [-0.3, -0.25) is 4.40 Å². The second kappa shape index (κ2) is 3.97. The van der Waals surface area contributed by atoms with Crippen LogP contribution in [0.2, 0.25) is 0 Å². The van der Waals surface area contributed by atoms with Gasteiger partial charge in [0.05, 0.1) is 10.6 Å². The Morgan fingerprint density at radius 1 is 1.31 bits per heavy atom. The predicted octanol–water partition coefficient (Wildman–Crippen LogP) is 2.02. The van der Waals surface area contributed by atoms with E-state index in [0.29, 0.717) is 6.54 Å². The molecule has 0 saturated carbocycles. The zero-order valence-electron chi connectivity index (χ0n) is 8.46. The second-order valence-corrected chi connectivity index (χ2v) is 5.16. The third kappa shape index (κ3) is 1.46. The molecule has 0 aliphatic rings. The van der Waals surface area contributed by atoms with Crippen LogP contribution >= 0.6 is 22.7 Å². The van der Waals surface area contributed by atoms with Crippen LogP contribution in [0.1, 0.15) is 5.82 Å². The van der Waals surface area contributed by atoms with Crippen LogP contribution in [0.4, 0.5) is 0 Å². The van der Waals surface area contributed by atoms with Crippen LogP contribution in [-0.2, 0) is 6.42 Å². The molecule has 0 unspecified atom stereocenters. The normalized spacial score (nSPS) is 11.3. The first-order valence-electron chi connectivity index (χ1n) is 4.95. The lowest BCUT2D eigenvalue weighted by molar-refractivity contribution is 0.852. The van der Waals surface area contributed by atoms with Crippen molar-refractivity contribution >= 4 is 27.6 Å². The van der Waals surface area contributed by atoms with Crippen LogP contribution in [0.25, 0.3) is 15.5 Å². The van der Waals surface area contributed by atoms with Crippen molar-refractivity contribution in [3.63, 3.8) is 0 Å². The summed E-state index contributed by atoms with van der Waals surface area (Å²) in [5, 5.41) is 12.5. The molecular weight excluding hydrogens is 240 g/mol. The molecule has 2 N–H and O–H groups in total. The number of fused-ring (bicyclic) bond motifs is 1. The van der Waals surface area contributed by atoms with Gasteiger partial charge in [-0.05, 0) is 18.0 Å². The van der Waals surface area contributed by atoms with E-state index in [0.717, 1.165) is 17.2 Å². The van der Waals surface area contributed by atoms with Crippen LogP contribution in [0.15, 0.2) is 22.9 Å². The molecule has 0 aliphatic carbocycles. The predicted molar refractivity (Wildman–Crippen MR) is 66.9 cm³/mol. The highest BCUT2D eigenvalue weighted by Crippen LogP contribution is 2.29. The monoisotopic (exact) mass is 250 g/mol. The summed E-state index contributed by atoms with van der Waals surface area (Å²) in [7, 11) is 0. The van der Waals surface area contributed by atoms with Crippen LogP contribution in [-0.4, -0.2) is 21.1 Å². The Hall–Kier alpha value is -1.24. The first-order valence-corrected chi connectivity index (χ1v) is 6.71. The number of hydrogen-bond donors (Lipinski definition) is 1. The highest BCUT2D eigenvalue weighted by Gasteiger charge is 2.12. The number of hydrogen-bond acceptors (Lipinski definition) is 5. The number of nitrogens with two attached hydrogens (primary N) is 1. The number of nitrogens with zero attached hydrogens (tertiary/aromatic N) is 3. The fourth-order valence-corrected chi connectivity index (χ4v) is 3.32. The quantitative estimate of drug-likeness (QED) is 0.773. The van der Waals surface area contributed by atoms with Gasteiger partial charge >= 0.3 is 0 Å². The minimum absolute atomic E-state index is 0.598. The van der Waals surface area contributed by atoms with Crippen molar-refractivity contribution in [2.45, 2.75) is 6.42 Å². The summed E-state index contributed by atoms with van der Waals surface area (Å²) in [5.74, 6) is 0.946. The highest BCUT2D eigenvalue weighted by molar-refractivity contribution is 7.16. The lowest BCUT2D eigenvalue weighted by Gasteiger charge is -1.98. The summed E-state index contributed by atoms with van der Waals surface area (Å²) in [6.45, 7) is 0.598. The Balaban J connectivity index is 2.21. The van der Waals surface area contributed by atoms with E-state index in [1.54, 1.807) is 22.7 Å². The molecule has 0 amide bonds. The van der Waals surface area contributed by atoms with E-state index in [1.165, 1.54) is 10.6 Å². The Morgan fingerprint density at radius 3 is 3.00 bits per heavy atom. The molecule has 0 fully saturated rings. The van der Waals surface area contributed by atoms with Gasteiger partial charge in [0.15, 0.2) is 0 Å². The lowest BCUT2D eigenvalue weighted by atomic mass is 10.3. The minimum Gasteiger partial charge on any atom is -0.330 e. The maximum atomic E-state index is 5.57. The molecule has 4 nitrogen and oxygen atoms in total. The molecule has 3 heterocycles. The maximum Gasteiger partial charge on any atom is 0.216 e. The molecule has 3 aromatic rings. The molecule has 0 radical (unpaired) electrons. The summed E-state index contributed by atoms with van der Waals surface area (Å²) < 4.78 is 2.10. The zero-order valence-corrected chi connectivity index (χ0v) is 10.1. The SMILES string of the molecule is NCCc1nnc2scc(-c3cccs3)n12. The Bertz CT molecular complexity index is 593. The van der Waals surface area contributed by atoms with E-state index in [4.69, 9.17) is 5.73 Å². The number of aromatic nitrogens is 3. The molecule has 82 valence electrons. The van der Waals surface area contributed by atoms with Gasteiger partial charge in [-0.1, -0.05) is 6.07 Å². The largest absolute Gasteiger partial charge is 0.330 e. The van der Waals surface area contributed by atoms with E-state index in [1.807, 2.05) is 0 Å². The van der Waals surface area contributed by atoms with Gasteiger partial charge in [0.2, 0.25) is 4.96 Å². The van der Waals surface area contributed by atoms with E-state index in [9.17, 15) is 0 Å². The fraction of sp³-hybridized carbons (Fsp3) is 0.200. The average Bonchev–Trinajstić information content (AvgIpc) is 2.94. The Morgan fingerprint density at radius 2 is 2.25 bits per heavy atom. The molecular formula is C10H10N4S2. The first kappa shape index (κ1) is 9.95. The first-order chi connectivity index (χ1) is 7.90. The van der Waals surface area contributed by atoms with Gasteiger partial charge in [-0.25, -0.2) is 0 Å². The van der Waals surface area contributed by atoms with Gasteiger partial charge < -0.3 is 5.73 Å². The molecule has 3 rings (SSSR count). The summed E-state index contributed by atoms with van der Waals surface area (Å²) >= 11 is 3.34.